The molecule has 2 rings (SSSR count). The molecule has 0 heterocycles. The molecule has 1 saturated carbocycles. The molecular formula is C14H18BrNO. The zero-order chi connectivity index (χ0) is 12.3. The number of hydrogen-bond donors (Lipinski definition) is 1. The highest BCUT2D eigenvalue weighted by atomic mass is 79.9. The van der Waals surface area contributed by atoms with Gasteiger partial charge in [-0.15, -0.1) is 0 Å². The topological polar surface area (TPSA) is 29.1 Å². The third kappa shape index (κ3) is 3.09. The molecule has 1 aromatic rings. The number of amides is 1. The zero-order valence-electron chi connectivity index (χ0n) is 10.1. The number of benzene rings is 1. The van der Waals surface area contributed by atoms with E-state index in [1.54, 1.807) is 0 Å². The normalized spacial score (nSPS) is 23.6. The minimum atomic E-state index is 0.214. The third-order valence-electron chi connectivity index (χ3n) is 3.61. The van der Waals surface area contributed by atoms with Gasteiger partial charge in [0.1, 0.15) is 0 Å². The summed E-state index contributed by atoms with van der Waals surface area (Å²) < 4.78 is 1.06. The second kappa shape index (κ2) is 5.67. The van der Waals surface area contributed by atoms with E-state index in [1.807, 2.05) is 24.3 Å². The largest absolute Gasteiger partial charge is 0.352 e. The lowest BCUT2D eigenvalue weighted by atomic mass is 9.97. The molecule has 1 aliphatic carbocycles. The average molecular weight is 296 g/mol. The van der Waals surface area contributed by atoms with Crippen LogP contribution in [0.15, 0.2) is 28.7 Å². The molecule has 0 spiro atoms. The minimum Gasteiger partial charge on any atom is -0.352 e. The summed E-state index contributed by atoms with van der Waals surface area (Å²) in [5, 5.41) is 3.04. The summed E-state index contributed by atoms with van der Waals surface area (Å²) in [7, 11) is 0. The molecule has 17 heavy (non-hydrogen) atoms. The van der Waals surface area contributed by atoms with Gasteiger partial charge in [0, 0.05) is 16.9 Å². The molecule has 0 saturated heterocycles. The number of nitrogens with one attached hydrogen (secondary N) is 1. The lowest BCUT2D eigenvalue weighted by Gasteiger charge is -2.15. The SMILES string of the molecule is CC1CCCC1C(=O)NCc1ccccc1Br. The molecule has 1 aliphatic rings. The van der Waals surface area contributed by atoms with Gasteiger partial charge in [0.25, 0.3) is 0 Å². The Bertz CT molecular complexity index is 405. The Balaban J connectivity index is 1.90. The van der Waals surface area contributed by atoms with Gasteiger partial charge >= 0.3 is 0 Å². The molecule has 0 radical (unpaired) electrons. The summed E-state index contributed by atoms with van der Waals surface area (Å²) in [6.45, 7) is 2.79. The second-order valence-corrected chi connectivity index (χ2v) is 5.68. The van der Waals surface area contributed by atoms with Gasteiger partial charge in [0.15, 0.2) is 0 Å². The van der Waals surface area contributed by atoms with Crippen LogP contribution in [-0.2, 0) is 11.3 Å². The van der Waals surface area contributed by atoms with Crippen molar-refractivity contribution in [2.45, 2.75) is 32.7 Å². The fraction of sp³-hybridized carbons (Fsp3) is 0.500. The van der Waals surface area contributed by atoms with Crippen molar-refractivity contribution in [3.05, 3.63) is 34.3 Å². The molecule has 1 amide bonds. The maximum absolute atomic E-state index is 12.0. The van der Waals surface area contributed by atoms with Crippen LogP contribution >= 0.6 is 15.9 Å². The third-order valence-corrected chi connectivity index (χ3v) is 4.38. The molecule has 1 fully saturated rings. The smallest absolute Gasteiger partial charge is 0.223 e. The molecular weight excluding hydrogens is 278 g/mol. The average Bonchev–Trinajstić information content (AvgIpc) is 2.74. The van der Waals surface area contributed by atoms with Gasteiger partial charge in [-0.1, -0.05) is 47.5 Å². The van der Waals surface area contributed by atoms with Crippen molar-refractivity contribution in [2.24, 2.45) is 11.8 Å². The van der Waals surface area contributed by atoms with Crippen LogP contribution < -0.4 is 5.32 Å². The van der Waals surface area contributed by atoms with Gasteiger partial charge in [0.05, 0.1) is 0 Å². The molecule has 0 aromatic heterocycles. The minimum absolute atomic E-state index is 0.214. The number of halogens is 1. The van der Waals surface area contributed by atoms with Crippen molar-refractivity contribution in [3.63, 3.8) is 0 Å². The van der Waals surface area contributed by atoms with E-state index in [0.29, 0.717) is 12.5 Å². The van der Waals surface area contributed by atoms with Gasteiger partial charge in [0.2, 0.25) is 5.91 Å². The van der Waals surface area contributed by atoms with Gasteiger partial charge in [-0.3, -0.25) is 4.79 Å². The number of rotatable bonds is 3. The quantitative estimate of drug-likeness (QED) is 0.908. The van der Waals surface area contributed by atoms with Crippen LogP contribution in [0.2, 0.25) is 0 Å². The van der Waals surface area contributed by atoms with E-state index < -0.39 is 0 Å². The summed E-state index contributed by atoms with van der Waals surface area (Å²) in [4.78, 5) is 12.0. The maximum atomic E-state index is 12.0. The van der Waals surface area contributed by atoms with Crippen LogP contribution in [0, 0.1) is 11.8 Å². The highest BCUT2D eigenvalue weighted by Crippen LogP contribution is 2.31. The Labute approximate surface area is 111 Å². The lowest BCUT2D eigenvalue weighted by Crippen LogP contribution is -2.31. The predicted molar refractivity (Wildman–Crippen MR) is 72.5 cm³/mol. The first-order valence-corrected chi connectivity index (χ1v) is 6.99. The van der Waals surface area contributed by atoms with Crippen LogP contribution in [0.4, 0.5) is 0 Å². The van der Waals surface area contributed by atoms with E-state index in [-0.39, 0.29) is 11.8 Å². The van der Waals surface area contributed by atoms with E-state index in [9.17, 15) is 4.79 Å². The summed E-state index contributed by atoms with van der Waals surface area (Å²) in [5.74, 6) is 0.970. The Morgan fingerprint density at radius 2 is 2.18 bits per heavy atom. The Kier molecular flexibility index (Phi) is 4.21. The van der Waals surface area contributed by atoms with Crippen LogP contribution in [0.1, 0.15) is 31.7 Å². The second-order valence-electron chi connectivity index (χ2n) is 4.82. The van der Waals surface area contributed by atoms with Crippen molar-refractivity contribution >= 4 is 21.8 Å². The monoisotopic (exact) mass is 295 g/mol. The van der Waals surface area contributed by atoms with Gasteiger partial charge in [-0.2, -0.15) is 0 Å². The molecule has 2 atom stereocenters. The van der Waals surface area contributed by atoms with Crippen molar-refractivity contribution in [1.29, 1.82) is 0 Å². The van der Waals surface area contributed by atoms with Gasteiger partial charge in [-0.05, 0) is 30.4 Å². The summed E-state index contributed by atoms with van der Waals surface area (Å²) in [6.07, 6.45) is 3.42. The van der Waals surface area contributed by atoms with Gasteiger partial charge in [-0.25, -0.2) is 0 Å². The highest BCUT2D eigenvalue weighted by molar-refractivity contribution is 9.10. The summed E-state index contributed by atoms with van der Waals surface area (Å²) >= 11 is 3.49. The molecule has 0 aliphatic heterocycles. The van der Waals surface area contributed by atoms with Crippen molar-refractivity contribution < 1.29 is 4.79 Å². The Morgan fingerprint density at radius 1 is 1.41 bits per heavy atom. The van der Waals surface area contributed by atoms with Gasteiger partial charge < -0.3 is 5.32 Å². The summed E-state index contributed by atoms with van der Waals surface area (Å²) in [6, 6.07) is 8.00. The van der Waals surface area contributed by atoms with E-state index in [1.165, 1.54) is 12.8 Å². The number of carbonyl (C=O) groups excluding carboxylic acids is 1. The first kappa shape index (κ1) is 12.6. The van der Waals surface area contributed by atoms with Crippen molar-refractivity contribution in [1.82, 2.24) is 5.32 Å². The zero-order valence-corrected chi connectivity index (χ0v) is 11.7. The molecule has 92 valence electrons. The molecule has 1 aromatic carbocycles. The molecule has 2 unspecified atom stereocenters. The van der Waals surface area contributed by atoms with Crippen LogP contribution in [0.25, 0.3) is 0 Å². The van der Waals surface area contributed by atoms with Crippen LogP contribution in [-0.4, -0.2) is 5.91 Å². The lowest BCUT2D eigenvalue weighted by molar-refractivity contribution is -0.126. The molecule has 1 N–H and O–H groups in total. The van der Waals surface area contributed by atoms with Crippen molar-refractivity contribution in [3.8, 4) is 0 Å². The fourth-order valence-electron chi connectivity index (χ4n) is 2.49. The summed E-state index contributed by atoms with van der Waals surface area (Å²) in [5.41, 5.74) is 1.13. The molecule has 0 bridgehead atoms. The Morgan fingerprint density at radius 3 is 2.82 bits per heavy atom. The van der Waals surface area contributed by atoms with Crippen molar-refractivity contribution in [2.75, 3.05) is 0 Å². The molecule has 2 nitrogen and oxygen atoms in total. The predicted octanol–water partition coefficient (Wildman–Crippen LogP) is 3.50. The molecule has 3 heteroatoms. The first-order chi connectivity index (χ1) is 8.18. The highest BCUT2D eigenvalue weighted by Gasteiger charge is 2.29. The van der Waals surface area contributed by atoms with E-state index in [2.05, 4.69) is 28.2 Å². The van der Waals surface area contributed by atoms with Crippen LogP contribution in [0.3, 0.4) is 0 Å². The van der Waals surface area contributed by atoms with E-state index in [4.69, 9.17) is 0 Å². The maximum Gasteiger partial charge on any atom is 0.223 e. The standard InChI is InChI=1S/C14H18BrNO/c1-10-5-4-7-12(10)14(17)16-9-11-6-2-3-8-13(11)15/h2-3,6,8,10,12H,4-5,7,9H2,1H3,(H,16,17). The Hall–Kier alpha value is -0.830. The van der Waals surface area contributed by atoms with E-state index >= 15 is 0 Å². The first-order valence-electron chi connectivity index (χ1n) is 6.19. The van der Waals surface area contributed by atoms with E-state index in [0.717, 1.165) is 16.5 Å². The number of carbonyl (C=O) groups is 1. The fourth-order valence-corrected chi connectivity index (χ4v) is 2.92. The number of hydrogen-bond acceptors (Lipinski definition) is 1. The van der Waals surface area contributed by atoms with Crippen LogP contribution in [0.5, 0.6) is 0 Å².